The zero-order valence-corrected chi connectivity index (χ0v) is 13.3. The number of hydrogen-bond acceptors (Lipinski definition) is 4. The summed E-state index contributed by atoms with van der Waals surface area (Å²) in [4.78, 5) is 13.5. The van der Waals surface area contributed by atoms with Crippen molar-refractivity contribution in [2.24, 2.45) is 0 Å². The average molecular weight is 323 g/mol. The summed E-state index contributed by atoms with van der Waals surface area (Å²) in [5.74, 6) is -0.252. The van der Waals surface area contributed by atoms with Gasteiger partial charge in [-0.15, -0.1) is 0 Å². The van der Waals surface area contributed by atoms with Crippen molar-refractivity contribution in [1.82, 2.24) is 15.0 Å². The molecule has 0 saturated carbocycles. The Hall–Kier alpha value is -2.40. The molecule has 24 heavy (non-hydrogen) atoms. The monoisotopic (exact) mass is 323 g/mol. The lowest BCUT2D eigenvalue weighted by atomic mass is 10.0. The first-order valence-corrected chi connectivity index (χ1v) is 8.28. The van der Waals surface area contributed by atoms with Crippen LogP contribution in [-0.2, 0) is 11.2 Å². The van der Waals surface area contributed by atoms with Gasteiger partial charge in [0.05, 0.1) is 23.0 Å². The Morgan fingerprint density at radius 2 is 1.92 bits per heavy atom. The molecule has 1 atom stereocenters. The van der Waals surface area contributed by atoms with Gasteiger partial charge >= 0.3 is 0 Å². The third kappa shape index (κ3) is 3.12. The summed E-state index contributed by atoms with van der Waals surface area (Å²) >= 11 is 0. The summed E-state index contributed by atoms with van der Waals surface area (Å²) in [7, 11) is 0. The lowest BCUT2D eigenvalue weighted by molar-refractivity contribution is 0.0164. The van der Waals surface area contributed by atoms with Gasteiger partial charge < -0.3 is 4.74 Å². The molecule has 3 heterocycles. The Morgan fingerprint density at radius 1 is 1.04 bits per heavy atom. The average Bonchev–Trinajstić information content (AvgIpc) is 2.63. The van der Waals surface area contributed by atoms with E-state index in [-0.39, 0.29) is 11.9 Å². The molecule has 1 aromatic carbocycles. The van der Waals surface area contributed by atoms with Crippen LogP contribution in [0.25, 0.3) is 22.3 Å². The third-order valence-corrected chi connectivity index (χ3v) is 4.39. The molecule has 5 heteroatoms. The number of hydrogen-bond donors (Lipinski definition) is 0. The summed E-state index contributed by atoms with van der Waals surface area (Å²) in [5.41, 5.74) is 4.20. The quantitative estimate of drug-likeness (QED) is 0.732. The molecule has 122 valence electrons. The van der Waals surface area contributed by atoms with Gasteiger partial charge in [0, 0.05) is 18.6 Å². The van der Waals surface area contributed by atoms with Crippen molar-refractivity contribution >= 4 is 11.0 Å². The molecule has 1 saturated heterocycles. The summed E-state index contributed by atoms with van der Waals surface area (Å²) in [6, 6.07) is 10.2. The molecule has 0 bridgehead atoms. The minimum Gasteiger partial charge on any atom is -0.378 e. The molecule has 0 N–H and O–H groups in total. The molecule has 3 aromatic rings. The van der Waals surface area contributed by atoms with E-state index in [1.807, 2.05) is 12.1 Å². The van der Waals surface area contributed by atoms with Gasteiger partial charge in [-0.05, 0) is 55.7 Å². The van der Waals surface area contributed by atoms with Crippen LogP contribution in [0.2, 0.25) is 0 Å². The molecule has 4 nitrogen and oxygen atoms in total. The van der Waals surface area contributed by atoms with Gasteiger partial charge in [0.2, 0.25) is 0 Å². The van der Waals surface area contributed by atoms with Gasteiger partial charge in [0.25, 0.3) is 0 Å². The highest BCUT2D eigenvalue weighted by molar-refractivity contribution is 5.79. The predicted molar refractivity (Wildman–Crippen MR) is 90.0 cm³/mol. The minimum atomic E-state index is -0.252. The minimum absolute atomic E-state index is 0.202. The molecular formula is C19H18FN3O. The van der Waals surface area contributed by atoms with Crippen LogP contribution in [0.4, 0.5) is 4.39 Å². The highest BCUT2D eigenvalue weighted by atomic mass is 19.1. The summed E-state index contributed by atoms with van der Waals surface area (Å²) in [5, 5.41) is 0. The van der Waals surface area contributed by atoms with E-state index in [2.05, 4.69) is 9.97 Å². The first-order valence-electron chi connectivity index (χ1n) is 8.28. The first kappa shape index (κ1) is 15.1. The van der Waals surface area contributed by atoms with Gasteiger partial charge in [0.1, 0.15) is 17.7 Å². The molecule has 2 aromatic heterocycles. The van der Waals surface area contributed by atoms with E-state index in [9.17, 15) is 4.39 Å². The van der Waals surface area contributed by atoms with Crippen molar-refractivity contribution in [3.63, 3.8) is 0 Å². The van der Waals surface area contributed by atoms with E-state index in [1.54, 1.807) is 18.5 Å². The molecule has 1 aliphatic heterocycles. The zero-order valence-electron chi connectivity index (χ0n) is 13.3. The fourth-order valence-electron chi connectivity index (χ4n) is 3.11. The first-order chi connectivity index (χ1) is 11.8. The molecule has 0 amide bonds. The number of nitrogens with zero attached hydrogens (tertiary/aromatic N) is 3. The summed E-state index contributed by atoms with van der Waals surface area (Å²) in [6.45, 7) is 0.821. The lowest BCUT2D eigenvalue weighted by Gasteiger charge is -2.22. The summed E-state index contributed by atoms with van der Waals surface area (Å²) < 4.78 is 19.0. The van der Waals surface area contributed by atoms with E-state index in [1.165, 1.54) is 18.6 Å². The van der Waals surface area contributed by atoms with Crippen LogP contribution >= 0.6 is 0 Å². The maximum Gasteiger partial charge on any atom is 0.123 e. The van der Waals surface area contributed by atoms with E-state index in [0.717, 1.165) is 53.9 Å². The molecule has 1 aliphatic rings. The van der Waals surface area contributed by atoms with Gasteiger partial charge in [0.15, 0.2) is 0 Å². The lowest BCUT2D eigenvalue weighted by Crippen LogP contribution is -2.22. The molecule has 1 unspecified atom stereocenters. The maximum atomic E-state index is 13.1. The Balaban J connectivity index is 1.71. The van der Waals surface area contributed by atoms with E-state index < -0.39 is 0 Å². The molecule has 0 spiro atoms. The van der Waals surface area contributed by atoms with Gasteiger partial charge in [-0.2, -0.15) is 0 Å². The second kappa shape index (κ2) is 6.61. The highest BCUT2D eigenvalue weighted by Gasteiger charge is 2.17. The van der Waals surface area contributed by atoms with E-state index in [0.29, 0.717) is 0 Å². The number of pyridine rings is 1. The number of fused-ring (bicyclic) bond motifs is 1. The molecular weight excluding hydrogens is 305 g/mol. The maximum absolute atomic E-state index is 13.1. The second-order valence-corrected chi connectivity index (χ2v) is 6.08. The van der Waals surface area contributed by atoms with Crippen LogP contribution < -0.4 is 0 Å². The predicted octanol–water partition coefficient (Wildman–Crippen LogP) is 3.94. The standard InChI is InChI=1S/C19H18FN3O/c20-14-6-4-13(5-7-14)16-8-9-17-19(23-16)18(22-12-21-17)11-15-3-1-2-10-24-15/h4-9,12,15H,1-3,10-11H2. The smallest absolute Gasteiger partial charge is 0.123 e. The van der Waals surface area contributed by atoms with Crippen LogP contribution in [0.5, 0.6) is 0 Å². The van der Waals surface area contributed by atoms with Gasteiger partial charge in [-0.3, -0.25) is 0 Å². The topological polar surface area (TPSA) is 47.9 Å². The number of benzene rings is 1. The van der Waals surface area contributed by atoms with Crippen molar-refractivity contribution in [3.05, 3.63) is 54.2 Å². The molecule has 0 radical (unpaired) electrons. The second-order valence-electron chi connectivity index (χ2n) is 6.08. The number of ether oxygens (including phenoxy) is 1. The zero-order chi connectivity index (χ0) is 16.4. The van der Waals surface area contributed by atoms with Crippen LogP contribution in [0.1, 0.15) is 25.0 Å². The van der Waals surface area contributed by atoms with E-state index in [4.69, 9.17) is 9.72 Å². The Morgan fingerprint density at radius 3 is 2.71 bits per heavy atom. The Kier molecular flexibility index (Phi) is 4.17. The van der Waals surface area contributed by atoms with Crippen molar-refractivity contribution < 1.29 is 9.13 Å². The third-order valence-electron chi connectivity index (χ3n) is 4.39. The van der Waals surface area contributed by atoms with Gasteiger partial charge in [-0.1, -0.05) is 0 Å². The van der Waals surface area contributed by atoms with Crippen LogP contribution in [0.15, 0.2) is 42.7 Å². The molecule has 1 fully saturated rings. The molecule has 4 rings (SSSR count). The SMILES string of the molecule is Fc1ccc(-c2ccc3ncnc(CC4CCCCO4)c3n2)cc1. The Bertz CT molecular complexity index is 845. The molecule has 0 aliphatic carbocycles. The fraction of sp³-hybridized carbons (Fsp3) is 0.316. The summed E-state index contributed by atoms with van der Waals surface area (Å²) in [6.07, 6.45) is 5.92. The van der Waals surface area contributed by atoms with Crippen molar-refractivity contribution in [2.75, 3.05) is 6.61 Å². The van der Waals surface area contributed by atoms with Crippen molar-refractivity contribution in [2.45, 2.75) is 31.8 Å². The Labute approximate surface area is 139 Å². The number of rotatable bonds is 3. The van der Waals surface area contributed by atoms with E-state index >= 15 is 0 Å². The van der Waals surface area contributed by atoms with Crippen LogP contribution in [0, 0.1) is 5.82 Å². The fourth-order valence-corrected chi connectivity index (χ4v) is 3.11. The number of aromatic nitrogens is 3. The largest absolute Gasteiger partial charge is 0.378 e. The number of halogens is 1. The van der Waals surface area contributed by atoms with Crippen molar-refractivity contribution in [1.29, 1.82) is 0 Å². The van der Waals surface area contributed by atoms with Crippen molar-refractivity contribution in [3.8, 4) is 11.3 Å². The normalized spacial score (nSPS) is 18.0. The van der Waals surface area contributed by atoms with Gasteiger partial charge in [-0.25, -0.2) is 19.3 Å². The van der Waals surface area contributed by atoms with Crippen LogP contribution in [-0.4, -0.2) is 27.7 Å². The highest BCUT2D eigenvalue weighted by Crippen LogP contribution is 2.24. The van der Waals surface area contributed by atoms with Crippen LogP contribution in [0.3, 0.4) is 0 Å².